The molecule has 0 N–H and O–H groups in total. The van der Waals surface area contributed by atoms with Gasteiger partial charge in [-0.1, -0.05) is 13.8 Å². The topological polar surface area (TPSA) is 29.5 Å². The SMILES string of the molecule is COC(=O)[C@H](C)CN1CCC[C@H](C)C1. The molecule has 0 aromatic carbocycles. The van der Waals surface area contributed by atoms with Crippen LogP contribution >= 0.6 is 0 Å². The largest absolute Gasteiger partial charge is 0.469 e. The van der Waals surface area contributed by atoms with E-state index in [9.17, 15) is 4.79 Å². The Morgan fingerprint density at radius 2 is 2.36 bits per heavy atom. The summed E-state index contributed by atoms with van der Waals surface area (Å²) in [4.78, 5) is 13.6. The molecule has 0 aromatic heterocycles. The van der Waals surface area contributed by atoms with Gasteiger partial charge in [-0.3, -0.25) is 4.79 Å². The lowest BCUT2D eigenvalue weighted by atomic mass is 9.99. The fraction of sp³-hybridized carbons (Fsp3) is 0.909. The zero-order valence-corrected chi connectivity index (χ0v) is 9.45. The van der Waals surface area contributed by atoms with E-state index in [1.54, 1.807) is 0 Å². The second-order valence-electron chi connectivity index (χ2n) is 4.43. The molecule has 3 nitrogen and oxygen atoms in total. The van der Waals surface area contributed by atoms with Crippen molar-refractivity contribution in [3.8, 4) is 0 Å². The van der Waals surface area contributed by atoms with Gasteiger partial charge in [0.05, 0.1) is 13.0 Å². The maximum absolute atomic E-state index is 11.2. The summed E-state index contributed by atoms with van der Waals surface area (Å²) in [6, 6.07) is 0. The number of hydrogen-bond donors (Lipinski definition) is 0. The Hall–Kier alpha value is -0.570. The third-order valence-corrected chi connectivity index (χ3v) is 2.88. The molecule has 1 fully saturated rings. The molecule has 0 saturated carbocycles. The summed E-state index contributed by atoms with van der Waals surface area (Å²) in [6.45, 7) is 7.31. The lowest BCUT2D eigenvalue weighted by molar-refractivity contribution is -0.145. The highest BCUT2D eigenvalue weighted by atomic mass is 16.5. The maximum atomic E-state index is 11.2. The summed E-state index contributed by atoms with van der Waals surface area (Å²) in [6.07, 6.45) is 2.58. The van der Waals surface area contributed by atoms with Crippen molar-refractivity contribution in [2.75, 3.05) is 26.7 Å². The van der Waals surface area contributed by atoms with Crippen LogP contribution in [0.5, 0.6) is 0 Å². The van der Waals surface area contributed by atoms with E-state index in [0.29, 0.717) is 0 Å². The number of esters is 1. The molecule has 1 heterocycles. The summed E-state index contributed by atoms with van der Waals surface area (Å²) in [5.41, 5.74) is 0. The fourth-order valence-electron chi connectivity index (χ4n) is 2.12. The Kier molecular flexibility index (Phi) is 4.39. The van der Waals surface area contributed by atoms with Crippen molar-refractivity contribution in [3.05, 3.63) is 0 Å². The number of nitrogens with zero attached hydrogens (tertiary/aromatic N) is 1. The average Bonchev–Trinajstić information content (AvgIpc) is 2.16. The van der Waals surface area contributed by atoms with Crippen LogP contribution in [0, 0.1) is 11.8 Å². The lowest BCUT2D eigenvalue weighted by Gasteiger charge is -2.32. The van der Waals surface area contributed by atoms with Crippen LogP contribution < -0.4 is 0 Å². The Labute approximate surface area is 86.4 Å². The molecule has 1 rings (SSSR count). The van der Waals surface area contributed by atoms with E-state index in [4.69, 9.17) is 4.74 Å². The number of carbonyl (C=O) groups is 1. The molecule has 0 radical (unpaired) electrons. The van der Waals surface area contributed by atoms with Crippen molar-refractivity contribution in [2.45, 2.75) is 26.7 Å². The second-order valence-corrected chi connectivity index (χ2v) is 4.43. The van der Waals surface area contributed by atoms with Gasteiger partial charge in [-0.2, -0.15) is 0 Å². The Morgan fingerprint density at radius 1 is 1.64 bits per heavy atom. The standard InChI is InChI=1S/C11H21NO2/c1-9-5-4-6-12(7-9)8-10(2)11(13)14-3/h9-10H,4-8H2,1-3H3/t9-,10+/m0/s1. The number of methoxy groups -OCH3 is 1. The maximum Gasteiger partial charge on any atom is 0.309 e. The monoisotopic (exact) mass is 199 g/mol. The molecule has 0 aliphatic carbocycles. The highest BCUT2D eigenvalue weighted by molar-refractivity contribution is 5.72. The predicted octanol–water partition coefficient (Wildman–Crippen LogP) is 1.53. The average molecular weight is 199 g/mol. The van der Waals surface area contributed by atoms with Crippen molar-refractivity contribution < 1.29 is 9.53 Å². The molecule has 0 bridgehead atoms. The molecular weight excluding hydrogens is 178 g/mol. The van der Waals surface area contributed by atoms with Crippen LogP contribution in [0.4, 0.5) is 0 Å². The van der Waals surface area contributed by atoms with Gasteiger partial charge in [-0.15, -0.1) is 0 Å². The van der Waals surface area contributed by atoms with Gasteiger partial charge in [0.2, 0.25) is 0 Å². The molecule has 1 aliphatic rings. The van der Waals surface area contributed by atoms with Gasteiger partial charge in [0.1, 0.15) is 0 Å². The second kappa shape index (κ2) is 5.35. The smallest absolute Gasteiger partial charge is 0.309 e. The number of hydrogen-bond acceptors (Lipinski definition) is 3. The first-order chi connectivity index (χ1) is 6.63. The summed E-state index contributed by atoms with van der Waals surface area (Å²) in [7, 11) is 1.46. The van der Waals surface area contributed by atoms with Crippen molar-refractivity contribution in [1.29, 1.82) is 0 Å². The van der Waals surface area contributed by atoms with Gasteiger partial charge in [0, 0.05) is 13.1 Å². The third-order valence-electron chi connectivity index (χ3n) is 2.88. The van der Waals surface area contributed by atoms with Gasteiger partial charge >= 0.3 is 5.97 Å². The summed E-state index contributed by atoms with van der Waals surface area (Å²) < 4.78 is 4.71. The zero-order chi connectivity index (χ0) is 10.6. The van der Waals surface area contributed by atoms with Crippen molar-refractivity contribution >= 4 is 5.97 Å². The molecule has 14 heavy (non-hydrogen) atoms. The van der Waals surface area contributed by atoms with Crippen LogP contribution in [0.25, 0.3) is 0 Å². The first-order valence-corrected chi connectivity index (χ1v) is 5.43. The van der Waals surface area contributed by atoms with Gasteiger partial charge in [0.15, 0.2) is 0 Å². The normalized spacial score (nSPS) is 25.8. The Morgan fingerprint density at radius 3 is 2.93 bits per heavy atom. The molecule has 1 saturated heterocycles. The van der Waals surface area contributed by atoms with Crippen LogP contribution in [0.3, 0.4) is 0 Å². The summed E-state index contributed by atoms with van der Waals surface area (Å²) in [5.74, 6) is 0.683. The Bertz CT molecular complexity index is 194. The van der Waals surface area contributed by atoms with Gasteiger partial charge < -0.3 is 9.64 Å². The van der Waals surface area contributed by atoms with E-state index in [2.05, 4.69) is 11.8 Å². The Balaban J connectivity index is 2.32. The van der Waals surface area contributed by atoms with E-state index >= 15 is 0 Å². The molecule has 0 amide bonds. The quantitative estimate of drug-likeness (QED) is 0.646. The summed E-state index contributed by atoms with van der Waals surface area (Å²) >= 11 is 0. The van der Waals surface area contributed by atoms with E-state index in [1.165, 1.54) is 20.0 Å². The minimum atomic E-state index is -0.0942. The van der Waals surface area contributed by atoms with Gasteiger partial charge in [-0.05, 0) is 25.3 Å². The van der Waals surface area contributed by atoms with Crippen LogP contribution in [-0.2, 0) is 9.53 Å². The summed E-state index contributed by atoms with van der Waals surface area (Å²) in [5, 5.41) is 0. The predicted molar refractivity (Wildman–Crippen MR) is 56.0 cm³/mol. The molecular formula is C11H21NO2. The fourth-order valence-corrected chi connectivity index (χ4v) is 2.12. The highest BCUT2D eigenvalue weighted by Crippen LogP contribution is 2.16. The van der Waals surface area contributed by atoms with Crippen LogP contribution in [0.1, 0.15) is 26.7 Å². The zero-order valence-electron chi connectivity index (χ0n) is 9.45. The van der Waals surface area contributed by atoms with E-state index in [1.807, 2.05) is 6.92 Å². The minimum Gasteiger partial charge on any atom is -0.469 e. The molecule has 1 aliphatic heterocycles. The van der Waals surface area contributed by atoms with E-state index in [-0.39, 0.29) is 11.9 Å². The van der Waals surface area contributed by atoms with Crippen LogP contribution in [0.2, 0.25) is 0 Å². The number of piperidine rings is 1. The molecule has 3 heteroatoms. The number of rotatable bonds is 3. The van der Waals surface area contributed by atoms with E-state index < -0.39 is 0 Å². The molecule has 0 spiro atoms. The number of likely N-dealkylation sites (tertiary alicyclic amines) is 1. The van der Waals surface area contributed by atoms with Gasteiger partial charge in [0.25, 0.3) is 0 Å². The van der Waals surface area contributed by atoms with Crippen molar-refractivity contribution in [3.63, 3.8) is 0 Å². The number of carbonyl (C=O) groups excluding carboxylic acids is 1. The van der Waals surface area contributed by atoms with Crippen LogP contribution in [0.15, 0.2) is 0 Å². The third kappa shape index (κ3) is 3.29. The lowest BCUT2D eigenvalue weighted by Crippen LogP contribution is -2.39. The van der Waals surface area contributed by atoms with E-state index in [0.717, 1.165) is 25.6 Å². The molecule has 0 aromatic rings. The van der Waals surface area contributed by atoms with Gasteiger partial charge in [-0.25, -0.2) is 0 Å². The molecule has 82 valence electrons. The minimum absolute atomic E-state index is 0.00491. The first-order valence-electron chi connectivity index (χ1n) is 5.43. The first kappa shape index (κ1) is 11.5. The molecule has 2 atom stereocenters. The molecule has 0 unspecified atom stereocenters. The number of ether oxygens (including phenoxy) is 1. The van der Waals surface area contributed by atoms with Crippen molar-refractivity contribution in [2.24, 2.45) is 11.8 Å². The van der Waals surface area contributed by atoms with Crippen molar-refractivity contribution in [1.82, 2.24) is 4.90 Å². The highest BCUT2D eigenvalue weighted by Gasteiger charge is 2.21. The van der Waals surface area contributed by atoms with Crippen LogP contribution in [-0.4, -0.2) is 37.6 Å².